The lowest BCUT2D eigenvalue weighted by molar-refractivity contribution is -0.136. The summed E-state index contributed by atoms with van der Waals surface area (Å²) in [7, 11) is 0. The van der Waals surface area contributed by atoms with Crippen molar-refractivity contribution in [3.63, 3.8) is 0 Å². The van der Waals surface area contributed by atoms with Gasteiger partial charge in [-0.2, -0.15) is 0 Å². The number of anilines is 2. The van der Waals surface area contributed by atoms with Crippen LogP contribution in [0.3, 0.4) is 0 Å². The van der Waals surface area contributed by atoms with Crippen molar-refractivity contribution < 1.29 is 19.1 Å². The number of aromatic amines is 1. The summed E-state index contributed by atoms with van der Waals surface area (Å²) in [5, 5.41) is 5.54. The van der Waals surface area contributed by atoms with Crippen LogP contribution in [0, 0.1) is 6.92 Å². The van der Waals surface area contributed by atoms with Crippen LogP contribution in [0.15, 0.2) is 72.8 Å². The average molecular weight is 575 g/mol. The zero-order chi connectivity index (χ0) is 29.9. The van der Waals surface area contributed by atoms with Gasteiger partial charge in [-0.05, 0) is 72.9 Å². The van der Waals surface area contributed by atoms with E-state index in [0.29, 0.717) is 19.7 Å². The average Bonchev–Trinajstić information content (AvgIpc) is 3.65. The van der Waals surface area contributed by atoms with Gasteiger partial charge in [0, 0.05) is 39.8 Å². The first-order valence-corrected chi connectivity index (χ1v) is 14.6. The van der Waals surface area contributed by atoms with Crippen LogP contribution in [-0.4, -0.2) is 41.8 Å². The molecule has 8 nitrogen and oxygen atoms in total. The lowest BCUT2D eigenvalue weighted by Crippen LogP contribution is -2.25. The number of primary amides is 1. The highest BCUT2D eigenvalue weighted by Gasteiger charge is 2.32. The normalized spacial score (nSPS) is 17.6. The maximum Gasteiger partial charge on any atom is 0.258 e. The number of rotatable bonds is 7. The third-order valence-corrected chi connectivity index (χ3v) is 8.51. The Kier molecular flexibility index (Phi) is 6.49. The highest BCUT2D eigenvalue weighted by atomic mass is 16.7. The number of amides is 2. The molecular weight excluding hydrogens is 540 g/mol. The van der Waals surface area contributed by atoms with E-state index in [2.05, 4.69) is 47.6 Å². The first-order chi connectivity index (χ1) is 20.7. The molecule has 218 valence electrons. The predicted octanol–water partition coefficient (Wildman–Crippen LogP) is 6.05. The Morgan fingerprint density at radius 2 is 1.86 bits per heavy atom. The van der Waals surface area contributed by atoms with Crippen molar-refractivity contribution in [3.05, 3.63) is 95.1 Å². The number of hydrogen-bond acceptors (Lipinski definition) is 5. The molecule has 1 fully saturated rings. The zero-order valence-electron chi connectivity index (χ0n) is 24.5. The Labute approximate surface area is 249 Å². The molecule has 0 aliphatic carbocycles. The molecule has 0 unspecified atom stereocenters. The van der Waals surface area contributed by atoms with Gasteiger partial charge in [0.25, 0.3) is 5.91 Å². The van der Waals surface area contributed by atoms with E-state index < -0.39 is 5.79 Å². The van der Waals surface area contributed by atoms with Gasteiger partial charge in [-0.25, -0.2) is 0 Å². The highest BCUT2D eigenvalue weighted by molar-refractivity contribution is 6.17. The van der Waals surface area contributed by atoms with E-state index >= 15 is 0 Å². The van der Waals surface area contributed by atoms with Crippen molar-refractivity contribution in [1.82, 2.24) is 4.98 Å². The number of nitrogens with one attached hydrogen (secondary N) is 2. The van der Waals surface area contributed by atoms with E-state index in [0.717, 1.165) is 66.6 Å². The van der Waals surface area contributed by atoms with Crippen LogP contribution in [0.4, 0.5) is 11.4 Å². The Bertz CT molecular complexity index is 1920. The fraction of sp³-hybridized carbons (Fsp3) is 0.257. The number of carbonyl (C=O) groups excluding carboxylic acids is 2. The fourth-order valence-corrected chi connectivity index (χ4v) is 6.49. The van der Waals surface area contributed by atoms with E-state index in [-0.39, 0.29) is 24.3 Å². The molecule has 1 aromatic heterocycles. The first-order valence-electron chi connectivity index (χ1n) is 14.6. The van der Waals surface area contributed by atoms with Crippen molar-refractivity contribution in [2.45, 2.75) is 45.6 Å². The van der Waals surface area contributed by atoms with E-state index in [1.165, 1.54) is 0 Å². The summed E-state index contributed by atoms with van der Waals surface area (Å²) in [5.41, 5.74) is 15.0. The smallest absolute Gasteiger partial charge is 0.258 e. The molecule has 4 N–H and O–H groups in total. The number of aromatic nitrogens is 1. The van der Waals surface area contributed by atoms with Crippen molar-refractivity contribution in [2.75, 3.05) is 23.4 Å². The number of fused-ring (bicyclic) bond motifs is 4. The van der Waals surface area contributed by atoms with E-state index in [9.17, 15) is 9.59 Å². The van der Waals surface area contributed by atoms with Crippen LogP contribution >= 0.6 is 0 Å². The van der Waals surface area contributed by atoms with E-state index in [4.69, 9.17) is 15.2 Å². The van der Waals surface area contributed by atoms with Gasteiger partial charge in [0.15, 0.2) is 5.79 Å². The number of nitrogens with zero attached hydrogens (tertiary/aromatic N) is 1. The minimum atomic E-state index is -0.567. The molecule has 1 atom stereocenters. The van der Waals surface area contributed by atoms with Crippen molar-refractivity contribution >= 4 is 45.0 Å². The second kappa shape index (κ2) is 10.3. The van der Waals surface area contributed by atoms with Crippen LogP contribution in [0.1, 0.15) is 40.9 Å². The lowest BCUT2D eigenvalue weighted by atomic mass is 9.92. The van der Waals surface area contributed by atoms with Crippen LogP contribution in [0.25, 0.3) is 32.9 Å². The molecule has 43 heavy (non-hydrogen) atoms. The molecule has 0 radical (unpaired) electrons. The maximum absolute atomic E-state index is 13.3. The summed E-state index contributed by atoms with van der Waals surface area (Å²) in [4.78, 5) is 30.8. The molecule has 2 amide bonds. The molecule has 1 saturated heterocycles. The number of H-pyrrole nitrogens is 1. The molecule has 0 bridgehead atoms. The van der Waals surface area contributed by atoms with Crippen molar-refractivity contribution in [2.24, 2.45) is 5.73 Å². The molecule has 3 heterocycles. The van der Waals surface area contributed by atoms with Gasteiger partial charge >= 0.3 is 0 Å². The summed E-state index contributed by atoms with van der Waals surface area (Å²) >= 11 is 0. The molecule has 5 aromatic rings. The number of carbonyl (C=O) groups is 2. The standard InChI is InChI=1S/C35H34N4O4/c1-20-25(9-6-10-30(20)39-18-22-7-4-5-8-26(22)34(39)41)27-13-11-21(15-31(36)40)33-32(27)28-14-12-23(16-29(28)38-33)37-17-24-19-42-35(2,3)43-24/h4-14,16,24,37-38H,15,17-19H2,1-3H3,(H2,36,40)/t24-/m0/s1. The molecule has 2 aliphatic rings. The van der Waals surface area contributed by atoms with Crippen LogP contribution in [0.2, 0.25) is 0 Å². The van der Waals surface area contributed by atoms with Crippen LogP contribution in [-0.2, 0) is 27.2 Å². The topological polar surface area (TPSA) is 110 Å². The van der Waals surface area contributed by atoms with Crippen LogP contribution in [0.5, 0.6) is 0 Å². The summed E-state index contributed by atoms with van der Waals surface area (Å²) < 4.78 is 11.6. The SMILES string of the molecule is Cc1c(-c2ccc(CC(N)=O)c3[nH]c4cc(NC[C@H]5COC(C)(C)O5)ccc4c23)cccc1N1Cc2ccccc2C1=O. The molecule has 2 aliphatic heterocycles. The Hall–Kier alpha value is -4.66. The van der Waals surface area contributed by atoms with Gasteiger partial charge in [-0.3, -0.25) is 9.59 Å². The fourth-order valence-electron chi connectivity index (χ4n) is 6.49. The molecule has 4 aromatic carbocycles. The molecule has 0 saturated carbocycles. The number of ether oxygens (including phenoxy) is 2. The molecule has 0 spiro atoms. The monoisotopic (exact) mass is 574 g/mol. The summed E-state index contributed by atoms with van der Waals surface area (Å²) in [5.74, 6) is -0.938. The van der Waals surface area contributed by atoms with Crippen molar-refractivity contribution in [1.29, 1.82) is 0 Å². The second-order valence-electron chi connectivity index (χ2n) is 11.9. The minimum Gasteiger partial charge on any atom is -0.382 e. The number of hydrogen-bond donors (Lipinski definition) is 3. The van der Waals surface area contributed by atoms with E-state index in [1.54, 1.807) is 0 Å². The Morgan fingerprint density at radius 3 is 2.63 bits per heavy atom. The van der Waals surface area contributed by atoms with Crippen LogP contribution < -0.4 is 16.0 Å². The van der Waals surface area contributed by atoms with Gasteiger partial charge in [0.05, 0.1) is 25.1 Å². The number of nitrogens with two attached hydrogens (primary N) is 1. The second-order valence-corrected chi connectivity index (χ2v) is 11.9. The van der Waals surface area contributed by atoms with Gasteiger partial charge in [-0.15, -0.1) is 0 Å². The molecular formula is C35H34N4O4. The molecule has 7 rings (SSSR count). The third-order valence-electron chi connectivity index (χ3n) is 8.51. The highest BCUT2D eigenvalue weighted by Crippen LogP contribution is 2.41. The van der Waals surface area contributed by atoms with Gasteiger partial charge < -0.3 is 30.4 Å². The predicted molar refractivity (Wildman–Crippen MR) is 169 cm³/mol. The number of benzene rings is 4. The third kappa shape index (κ3) is 4.82. The Balaban J connectivity index is 1.30. The summed E-state index contributed by atoms with van der Waals surface area (Å²) in [6, 6.07) is 24.2. The quantitative estimate of drug-likeness (QED) is 0.219. The summed E-state index contributed by atoms with van der Waals surface area (Å²) in [6.45, 7) is 7.62. The maximum atomic E-state index is 13.3. The summed E-state index contributed by atoms with van der Waals surface area (Å²) in [6.07, 6.45) is 0.0935. The molecule has 8 heteroatoms. The zero-order valence-corrected chi connectivity index (χ0v) is 24.5. The van der Waals surface area contributed by atoms with Crippen molar-refractivity contribution in [3.8, 4) is 11.1 Å². The van der Waals surface area contributed by atoms with E-state index in [1.807, 2.05) is 61.2 Å². The largest absolute Gasteiger partial charge is 0.382 e. The lowest BCUT2D eigenvalue weighted by Gasteiger charge is -2.21. The van der Waals surface area contributed by atoms with Gasteiger partial charge in [0.1, 0.15) is 6.10 Å². The van der Waals surface area contributed by atoms with Gasteiger partial charge in [0.2, 0.25) is 5.91 Å². The first kappa shape index (κ1) is 27.2. The van der Waals surface area contributed by atoms with Gasteiger partial charge in [-0.1, -0.05) is 48.5 Å². The minimum absolute atomic E-state index is 0.0167. The Morgan fingerprint density at radius 1 is 1.05 bits per heavy atom.